The van der Waals surface area contributed by atoms with Gasteiger partial charge in [0.1, 0.15) is 11.5 Å². The number of ether oxygens (including phenoxy) is 1. The summed E-state index contributed by atoms with van der Waals surface area (Å²) >= 11 is 1.90. The van der Waals surface area contributed by atoms with Gasteiger partial charge in [-0.15, -0.1) is 0 Å². The van der Waals surface area contributed by atoms with Crippen molar-refractivity contribution in [2.45, 2.75) is 63.4 Å². The van der Waals surface area contributed by atoms with Gasteiger partial charge >= 0.3 is 0 Å². The SMILES string of the molecule is CC.CO.Oc1ccc(-c2ccccc2)cc1.c1cc2cc(SN3CCCC3)ccc2cc1OC1CCCC1. The van der Waals surface area contributed by atoms with Gasteiger partial charge in [-0.05, 0) is 109 Å². The first-order valence-corrected chi connectivity index (χ1v) is 14.9. The molecule has 4 aromatic rings. The van der Waals surface area contributed by atoms with Crippen molar-refractivity contribution < 1.29 is 14.9 Å². The van der Waals surface area contributed by atoms with Gasteiger partial charge in [0.05, 0.1) is 6.10 Å². The highest BCUT2D eigenvalue weighted by atomic mass is 32.2. The van der Waals surface area contributed by atoms with Gasteiger partial charge in [0, 0.05) is 25.1 Å². The molecule has 0 atom stereocenters. The molecule has 0 bridgehead atoms. The van der Waals surface area contributed by atoms with Crippen LogP contribution in [0.4, 0.5) is 0 Å². The van der Waals surface area contributed by atoms with Crippen LogP contribution < -0.4 is 4.74 Å². The molecule has 1 aliphatic heterocycles. The standard InChI is InChI=1S/C19H23NOS.C12H10O.C2H6.CH4O/c1-2-6-17(5-1)21-18-9-7-16-14-19(10-8-15(16)13-18)22-20-11-3-4-12-20;13-12-8-6-11(7-9-12)10-4-2-1-3-5-10;2*1-2/h7-10,13-14,17H,1-6,11-12H2;1-9,13H;1-2H3;2H,1H3. The lowest BCUT2D eigenvalue weighted by atomic mass is 10.1. The van der Waals surface area contributed by atoms with Crippen LogP contribution in [0.25, 0.3) is 21.9 Å². The summed E-state index contributed by atoms with van der Waals surface area (Å²) in [6, 6.07) is 30.6. The summed E-state index contributed by atoms with van der Waals surface area (Å²) in [5, 5.41) is 18.7. The van der Waals surface area contributed by atoms with Crippen molar-refractivity contribution in [3.63, 3.8) is 0 Å². The van der Waals surface area contributed by atoms with E-state index in [1.165, 1.54) is 72.8 Å². The molecule has 1 heterocycles. The van der Waals surface area contributed by atoms with Crippen molar-refractivity contribution in [2.24, 2.45) is 0 Å². The number of aliphatic hydroxyl groups is 1. The molecule has 5 heteroatoms. The molecule has 0 radical (unpaired) electrons. The topological polar surface area (TPSA) is 52.9 Å². The minimum absolute atomic E-state index is 0.305. The number of aliphatic hydroxyl groups excluding tert-OH is 1. The average Bonchev–Trinajstić information content (AvgIpc) is 3.71. The Hall–Kier alpha value is -2.99. The second kappa shape index (κ2) is 16.9. The van der Waals surface area contributed by atoms with Crippen LogP contribution in [0.15, 0.2) is 95.9 Å². The second-order valence-electron chi connectivity index (χ2n) is 9.34. The number of fused-ring (bicyclic) bond motifs is 1. The molecular formula is C34H43NO3S. The highest BCUT2D eigenvalue weighted by Gasteiger charge is 2.17. The smallest absolute Gasteiger partial charge is 0.120 e. The fourth-order valence-electron chi connectivity index (χ4n) is 4.74. The van der Waals surface area contributed by atoms with E-state index in [-0.39, 0.29) is 0 Å². The predicted octanol–water partition coefficient (Wildman–Crippen LogP) is 8.96. The Bertz CT molecular complexity index is 1160. The molecule has 2 N–H and O–H groups in total. The lowest BCUT2D eigenvalue weighted by Gasteiger charge is -2.15. The number of nitrogens with zero attached hydrogens (tertiary/aromatic N) is 1. The molecule has 0 aromatic heterocycles. The zero-order valence-corrected chi connectivity index (χ0v) is 24.4. The molecule has 1 saturated carbocycles. The Morgan fingerprint density at radius 2 is 1.28 bits per heavy atom. The molecule has 2 aliphatic rings. The van der Waals surface area contributed by atoms with Crippen molar-refractivity contribution in [2.75, 3.05) is 20.2 Å². The Morgan fingerprint density at radius 3 is 1.95 bits per heavy atom. The molecule has 2 fully saturated rings. The summed E-state index contributed by atoms with van der Waals surface area (Å²) in [5.41, 5.74) is 2.29. The van der Waals surface area contributed by atoms with E-state index in [0.717, 1.165) is 18.4 Å². The van der Waals surface area contributed by atoms with E-state index in [4.69, 9.17) is 14.9 Å². The molecule has 0 spiro atoms. The van der Waals surface area contributed by atoms with Crippen LogP contribution in [0.1, 0.15) is 52.4 Å². The van der Waals surface area contributed by atoms with Gasteiger partial charge in [-0.25, -0.2) is 4.31 Å². The Labute approximate surface area is 238 Å². The summed E-state index contributed by atoms with van der Waals surface area (Å²) in [4.78, 5) is 1.35. The number of phenolic OH excluding ortho intramolecular Hbond substituents is 1. The molecule has 1 aliphatic carbocycles. The highest BCUT2D eigenvalue weighted by Crippen LogP contribution is 2.31. The second-order valence-corrected chi connectivity index (χ2v) is 10.5. The molecule has 4 aromatic carbocycles. The van der Waals surface area contributed by atoms with E-state index >= 15 is 0 Å². The highest BCUT2D eigenvalue weighted by molar-refractivity contribution is 7.97. The van der Waals surface area contributed by atoms with Gasteiger partial charge < -0.3 is 14.9 Å². The largest absolute Gasteiger partial charge is 0.508 e. The maximum Gasteiger partial charge on any atom is 0.120 e. The summed E-state index contributed by atoms with van der Waals surface area (Å²) in [5.74, 6) is 1.33. The molecular weight excluding hydrogens is 502 g/mol. The van der Waals surface area contributed by atoms with E-state index < -0.39 is 0 Å². The molecule has 208 valence electrons. The Kier molecular flexibility index (Phi) is 13.2. The first-order valence-electron chi connectivity index (χ1n) is 14.2. The summed E-state index contributed by atoms with van der Waals surface area (Å²) in [6.45, 7) is 6.44. The van der Waals surface area contributed by atoms with E-state index in [1.54, 1.807) is 12.1 Å². The van der Waals surface area contributed by atoms with Gasteiger partial charge in [-0.2, -0.15) is 0 Å². The lowest BCUT2D eigenvalue weighted by molar-refractivity contribution is 0.210. The number of benzene rings is 4. The van der Waals surface area contributed by atoms with E-state index in [2.05, 4.69) is 40.7 Å². The number of phenols is 1. The lowest BCUT2D eigenvalue weighted by Crippen LogP contribution is -2.10. The van der Waals surface area contributed by atoms with E-state index in [0.29, 0.717) is 11.9 Å². The van der Waals surface area contributed by atoms with Crippen molar-refractivity contribution in [3.05, 3.63) is 91.0 Å². The predicted molar refractivity (Wildman–Crippen MR) is 167 cm³/mol. The molecule has 1 saturated heterocycles. The zero-order chi connectivity index (χ0) is 27.9. The van der Waals surface area contributed by atoms with Crippen LogP contribution in [0.3, 0.4) is 0 Å². The van der Waals surface area contributed by atoms with Crippen molar-refractivity contribution in [3.8, 4) is 22.6 Å². The van der Waals surface area contributed by atoms with Gasteiger partial charge in [0.15, 0.2) is 0 Å². The van der Waals surface area contributed by atoms with Gasteiger partial charge in [0.2, 0.25) is 0 Å². The molecule has 4 nitrogen and oxygen atoms in total. The fraction of sp³-hybridized carbons (Fsp3) is 0.353. The first-order chi connectivity index (χ1) is 19.2. The zero-order valence-electron chi connectivity index (χ0n) is 23.6. The minimum Gasteiger partial charge on any atom is -0.508 e. The molecule has 0 unspecified atom stereocenters. The van der Waals surface area contributed by atoms with Crippen LogP contribution in [-0.2, 0) is 0 Å². The Morgan fingerprint density at radius 1 is 0.692 bits per heavy atom. The van der Waals surface area contributed by atoms with E-state index in [1.807, 2.05) is 68.3 Å². The van der Waals surface area contributed by atoms with Crippen molar-refractivity contribution >= 4 is 22.7 Å². The van der Waals surface area contributed by atoms with Crippen LogP contribution >= 0.6 is 11.9 Å². The molecule has 0 amide bonds. The molecule has 39 heavy (non-hydrogen) atoms. The van der Waals surface area contributed by atoms with Gasteiger partial charge in [-0.1, -0.05) is 68.4 Å². The minimum atomic E-state index is 0.305. The quantitative estimate of drug-likeness (QED) is 0.245. The van der Waals surface area contributed by atoms with Crippen LogP contribution in [0, 0.1) is 0 Å². The number of rotatable bonds is 5. The summed E-state index contributed by atoms with van der Waals surface area (Å²) < 4.78 is 8.58. The third-order valence-corrected chi connectivity index (χ3v) is 7.75. The maximum absolute atomic E-state index is 9.10. The number of hydrogen-bond donors (Lipinski definition) is 2. The van der Waals surface area contributed by atoms with Crippen molar-refractivity contribution in [1.29, 1.82) is 0 Å². The van der Waals surface area contributed by atoms with Crippen molar-refractivity contribution in [1.82, 2.24) is 4.31 Å². The van der Waals surface area contributed by atoms with Crippen LogP contribution in [0.5, 0.6) is 11.5 Å². The third-order valence-electron chi connectivity index (χ3n) is 6.66. The summed E-state index contributed by atoms with van der Waals surface area (Å²) in [7, 11) is 1.00. The maximum atomic E-state index is 9.10. The number of hydrogen-bond acceptors (Lipinski definition) is 5. The van der Waals surface area contributed by atoms with Gasteiger partial charge in [-0.3, -0.25) is 0 Å². The summed E-state index contributed by atoms with van der Waals surface area (Å²) in [6.07, 6.45) is 8.16. The first kappa shape index (κ1) is 30.6. The van der Waals surface area contributed by atoms with Crippen LogP contribution in [-0.4, -0.2) is 40.8 Å². The molecule has 6 rings (SSSR count). The number of aromatic hydroxyl groups is 1. The normalized spacial score (nSPS) is 14.9. The fourth-order valence-corrected chi connectivity index (χ4v) is 5.79. The van der Waals surface area contributed by atoms with Gasteiger partial charge in [0.25, 0.3) is 0 Å². The average molecular weight is 546 g/mol. The third kappa shape index (κ3) is 9.61. The Balaban J connectivity index is 0.000000211. The van der Waals surface area contributed by atoms with E-state index in [9.17, 15) is 0 Å². The monoisotopic (exact) mass is 545 g/mol. The van der Waals surface area contributed by atoms with Crippen LogP contribution in [0.2, 0.25) is 0 Å².